The van der Waals surface area contributed by atoms with Crippen molar-refractivity contribution in [2.24, 2.45) is 0 Å². The molecule has 78 valence electrons. The molecular formula is C7H12F2O3S. The molecule has 0 unspecified atom stereocenters. The monoisotopic (exact) mass is 214 g/mol. The van der Waals surface area contributed by atoms with Gasteiger partial charge in [0, 0.05) is 0 Å². The summed E-state index contributed by atoms with van der Waals surface area (Å²) in [4.78, 5) is 0. The summed E-state index contributed by atoms with van der Waals surface area (Å²) in [6, 6.07) is 0. The fourth-order valence-electron chi connectivity index (χ4n) is 0.500. The van der Waals surface area contributed by atoms with Crippen LogP contribution in [-0.4, -0.2) is 20.8 Å². The molecule has 0 saturated carbocycles. The standard InChI is InChI=1S/C7H12F2O3S/c1-3-13(10,11)12-5-4-6(2)7(8)9/h3-5H2,1-2H3. The third-order valence-corrected chi connectivity index (χ3v) is 2.65. The van der Waals surface area contributed by atoms with Crippen molar-refractivity contribution in [3.8, 4) is 0 Å². The van der Waals surface area contributed by atoms with Crippen molar-refractivity contribution in [1.29, 1.82) is 0 Å². The van der Waals surface area contributed by atoms with Crippen LogP contribution < -0.4 is 0 Å². The molecule has 0 aliphatic rings. The van der Waals surface area contributed by atoms with Gasteiger partial charge in [0.1, 0.15) is 0 Å². The molecule has 0 radical (unpaired) electrons. The van der Waals surface area contributed by atoms with Gasteiger partial charge in [-0.25, -0.2) is 0 Å². The Kier molecular flexibility index (Phi) is 5.09. The van der Waals surface area contributed by atoms with Gasteiger partial charge >= 0.3 is 0 Å². The first-order valence-corrected chi connectivity index (χ1v) is 5.34. The van der Waals surface area contributed by atoms with Gasteiger partial charge in [0.05, 0.1) is 12.4 Å². The van der Waals surface area contributed by atoms with E-state index in [-0.39, 0.29) is 24.4 Å². The molecule has 0 fully saturated rings. The molecule has 0 amide bonds. The summed E-state index contributed by atoms with van der Waals surface area (Å²) in [6.45, 7) is 2.43. The van der Waals surface area contributed by atoms with Gasteiger partial charge in [0.15, 0.2) is 0 Å². The van der Waals surface area contributed by atoms with Crippen LogP contribution >= 0.6 is 0 Å². The molecule has 0 bridgehead atoms. The summed E-state index contributed by atoms with van der Waals surface area (Å²) in [5.41, 5.74) is -0.147. The van der Waals surface area contributed by atoms with Crippen molar-refractivity contribution in [1.82, 2.24) is 0 Å². The maximum atomic E-state index is 11.8. The number of hydrogen-bond donors (Lipinski definition) is 0. The Labute approximate surface area is 76.5 Å². The number of hydrogen-bond acceptors (Lipinski definition) is 3. The van der Waals surface area contributed by atoms with Gasteiger partial charge in [-0.1, -0.05) is 0 Å². The van der Waals surface area contributed by atoms with E-state index in [0.29, 0.717) is 0 Å². The predicted molar refractivity (Wildman–Crippen MR) is 44.9 cm³/mol. The first-order chi connectivity index (χ1) is 5.89. The van der Waals surface area contributed by atoms with Gasteiger partial charge in [-0.05, 0) is 25.8 Å². The Morgan fingerprint density at radius 2 is 1.92 bits per heavy atom. The molecule has 0 rings (SSSR count). The van der Waals surface area contributed by atoms with Crippen LogP contribution in [0.5, 0.6) is 0 Å². The molecule has 3 nitrogen and oxygen atoms in total. The molecule has 0 aliphatic carbocycles. The molecular weight excluding hydrogens is 202 g/mol. The highest BCUT2D eigenvalue weighted by atomic mass is 32.2. The SMILES string of the molecule is CCS(=O)(=O)OCCC(C)=C(F)F. The second-order valence-corrected chi connectivity index (χ2v) is 4.39. The lowest BCUT2D eigenvalue weighted by Gasteiger charge is -2.02. The second-order valence-electron chi connectivity index (χ2n) is 2.46. The minimum Gasteiger partial charge on any atom is -0.270 e. The van der Waals surface area contributed by atoms with E-state index in [1.165, 1.54) is 13.8 Å². The fourth-order valence-corrected chi connectivity index (χ4v) is 1.00. The van der Waals surface area contributed by atoms with E-state index in [0.717, 1.165) is 0 Å². The second kappa shape index (κ2) is 5.29. The van der Waals surface area contributed by atoms with Crippen molar-refractivity contribution >= 4 is 10.1 Å². The molecule has 0 aromatic carbocycles. The van der Waals surface area contributed by atoms with Crippen molar-refractivity contribution in [3.05, 3.63) is 11.7 Å². The quantitative estimate of drug-likeness (QED) is 0.656. The maximum absolute atomic E-state index is 11.8. The van der Waals surface area contributed by atoms with Crippen LogP contribution in [0.2, 0.25) is 0 Å². The van der Waals surface area contributed by atoms with Crippen molar-refractivity contribution < 1.29 is 21.4 Å². The van der Waals surface area contributed by atoms with E-state index in [1.54, 1.807) is 0 Å². The Bertz CT molecular complexity index is 278. The summed E-state index contributed by atoms with van der Waals surface area (Å²) in [5, 5.41) is 0. The van der Waals surface area contributed by atoms with Crippen LogP contribution in [0.1, 0.15) is 20.3 Å². The zero-order chi connectivity index (χ0) is 10.5. The van der Waals surface area contributed by atoms with Gasteiger partial charge in [0.2, 0.25) is 0 Å². The summed E-state index contributed by atoms with van der Waals surface area (Å²) < 4.78 is 49.5. The minimum atomic E-state index is -3.51. The lowest BCUT2D eigenvalue weighted by molar-refractivity contribution is 0.316. The van der Waals surface area contributed by atoms with Crippen LogP contribution in [0.25, 0.3) is 0 Å². The highest BCUT2D eigenvalue weighted by Crippen LogP contribution is 2.11. The summed E-state index contributed by atoms with van der Waals surface area (Å²) >= 11 is 0. The lowest BCUT2D eigenvalue weighted by atomic mass is 10.2. The van der Waals surface area contributed by atoms with Crippen LogP contribution in [-0.2, 0) is 14.3 Å². The zero-order valence-corrected chi connectivity index (χ0v) is 8.33. The van der Waals surface area contributed by atoms with E-state index < -0.39 is 16.2 Å². The minimum absolute atomic E-state index is 0.0679. The van der Waals surface area contributed by atoms with Crippen LogP contribution in [0, 0.1) is 0 Å². The summed E-state index contributed by atoms with van der Waals surface area (Å²) in [5.74, 6) is -0.145. The largest absolute Gasteiger partial charge is 0.270 e. The normalized spacial score (nSPS) is 11.4. The highest BCUT2D eigenvalue weighted by Gasteiger charge is 2.07. The molecule has 6 heteroatoms. The smallest absolute Gasteiger partial charge is 0.269 e. The fraction of sp³-hybridized carbons (Fsp3) is 0.714. The van der Waals surface area contributed by atoms with Crippen molar-refractivity contribution in [3.63, 3.8) is 0 Å². The van der Waals surface area contributed by atoms with Crippen LogP contribution in [0.15, 0.2) is 11.7 Å². The first kappa shape index (κ1) is 12.5. The average Bonchev–Trinajstić information content (AvgIpc) is 2.04. The predicted octanol–water partition coefficient (Wildman–Crippen LogP) is 1.91. The molecule has 0 aromatic heterocycles. The maximum Gasteiger partial charge on any atom is 0.269 e. The van der Waals surface area contributed by atoms with Gasteiger partial charge in [0.25, 0.3) is 16.2 Å². The van der Waals surface area contributed by atoms with Crippen molar-refractivity contribution in [2.75, 3.05) is 12.4 Å². The zero-order valence-electron chi connectivity index (χ0n) is 7.51. The third-order valence-electron chi connectivity index (χ3n) is 1.42. The lowest BCUT2D eigenvalue weighted by Crippen LogP contribution is -2.09. The highest BCUT2D eigenvalue weighted by molar-refractivity contribution is 7.86. The van der Waals surface area contributed by atoms with E-state index in [9.17, 15) is 17.2 Å². The molecule has 0 N–H and O–H groups in total. The first-order valence-electron chi connectivity index (χ1n) is 3.77. The van der Waals surface area contributed by atoms with Crippen molar-refractivity contribution in [2.45, 2.75) is 20.3 Å². The topological polar surface area (TPSA) is 43.4 Å². The molecule has 0 aromatic rings. The summed E-state index contributed by atoms with van der Waals surface area (Å²) in [6.07, 6.45) is -1.85. The molecule has 13 heavy (non-hydrogen) atoms. The molecule has 0 aliphatic heterocycles. The Balaban J connectivity index is 3.90. The van der Waals surface area contributed by atoms with Gasteiger partial charge in [-0.3, -0.25) is 4.18 Å². The van der Waals surface area contributed by atoms with Crippen LogP contribution in [0.3, 0.4) is 0 Å². The van der Waals surface area contributed by atoms with Gasteiger partial charge in [-0.2, -0.15) is 17.2 Å². The average molecular weight is 214 g/mol. The molecule has 0 saturated heterocycles. The Morgan fingerprint density at radius 1 is 1.38 bits per heavy atom. The number of halogens is 2. The van der Waals surface area contributed by atoms with E-state index in [2.05, 4.69) is 4.18 Å². The molecule has 0 atom stereocenters. The number of rotatable bonds is 5. The molecule has 0 spiro atoms. The Morgan fingerprint density at radius 3 is 2.31 bits per heavy atom. The van der Waals surface area contributed by atoms with E-state index in [4.69, 9.17) is 0 Å². The van der Waals surface area contributed by atoms with Gasteiger partial charge in [-0.15, -0.1) is 0 Å². The third kappa shape index (κ3) is 5.70. The van der Waals surface area contributed by atoms with Crippen LogP contribution in [0.4, 0.5) is 8.78 Å². The molecule has 0 heterocycles. The van der Waals surface area contributed by atoms with Gasteiger partial charge < -0.3 is 0 Å². The Hall–Kier alpha value is -0.490. The van der Waals surface area contributed by atoms with E-state index >= 15 is 0 Å². The summed E-state index contributed by atoms with van der Waals surface area (Å²) in [7, 11) is -3.51. The van der Waals surface area contributed by atoms with E-state index in [1.807, 2.05) is 0 Å².